The lowest BCUT2D eigenvalue weighted by Gasteiger charge is -2.12. The van der Waals surface area contributed by atoms with Gasteiger partial charge in [-0.1, -0.05) is 36.5 Å². The Balaban J connectivity index is 1.64. The molecule has 158 valence electrons. The van der Waals surface area contributed by atoms with Crippen molar-refractivity contribution in [2.24, 2.45) is 0 Å². The summed E-state index contributed by atoms with van der Waals surface area (Å²) in [4.78, 5) is 21.1. The van der Waals surface area contributed by atoms with Gasteiger partial charge in [-0.3, -0.25) is 10.1 Å². The Kier molecular flexibility index (Phi) is 5.73. The molecule has 2 N–H and O–H groups in total. The molecule has 4 rings (SSSR count). The van der Waals surface area contributed by atoms with Crippen LogP contribution in [0.4, 0.5) is 5.13 Å². The third kappa shape index (κ3) is 4.15. The van der Waals surface area contributed by atoms with Crippen molar-refractivity contribution < 1.29 is 19.4 Å². The highest BCUT2D eigenvalue weighted by molar-refractivity contribution is 7.22. The minimum absolute atomic E-state index is 0.128. The fraction of sp³-hybridized carbons (Fsp3) is 0.174. The van der Waals surface area contributed by atoms with Gasteiger partial charge >= 0.3 is 0 Å². The second-order valence-corrected chi connectivity index (χ2v) is 7.86. The molecule has 1 amide bonds. The summed E-state index contributed by atoms with van der Waals surface area (Å²) in [5, 5.41) is 13.3. The molecule has 0 spiro atoms. The van der Waals surface area contributed by atoms with Crippen LogP contribution < -0.4 is 14.8 Å². The number of methoxy groups -OCH3 is 1. The maximum atomic E-state index is 12.6. The maximum absolute atomic E-state index is 12.6. The van der Waals surface area contributed by atoms with Gasteiger partial charge in [0.25, 0.3) is 5.91 Å². The van der Waals surface area contributed by atoms with Crippen LogP contribution in [0.2, 0.25) is 0 Å². The van der Waals surface area contributed by atoms with Crippen molar-refractivity contribution in [1.82, 2.24) is 9.97 Å². The molecule has 8 heteroatoms. The van der Waals surface area contributed by atoms with E-state index >= 15 is 0 Å². The molecule has 0 atom stereocenters. The summed E-state index contributed by atoms with van der Waals surface area (Å²) in [5.41, 5.74) is 2.70. The number of rotatable bonds is 6. The number of aromatic hydroxyl groups is 1. The zero-order valence-electron chi connectivity index (χ0n) is 17.3. The van der Waals surface area contributed by atoms with E-state index in [9.17, 15) is 9.90 Å². The normalized spacial score (nSPS) is 10.8. The van der Waals surface area contributed by atoms with Crippen molar-refractivity contribution in [3.05, 3.63) is 65.5 Å². The third-order valence-corrected chi connectivity index (χ3v) is 5.74. The van der Waals surface area contributed by atoms with Crippen LogP contribution in [0, 0.1) is 6.92 Å². The van der Waals surface area contributed by atoms with Gasteiger partial charge in [0.05, 0.1) is 17.3 Å². The standard InChI is InChI=1S/C23H21N3O4S/c1-4-14-11-15-19(12-18(14)30-16-8-6-5-7-13(16)2)31-23(25-15)26-22(28)20-21(27)17(29-3)9-10-24-20/h5-12,27H,4H2,1-3H3,(H,25,26,28). The third-order valence-electron chi connectivity index (χ3n) is 4.81. The molecular weight excluding hydrogens is 414 g/mol. The number of thiazole rings is 1. The van der Waals surface area contributed by atoms with E-state index in [0.29, 0.717) is 5.13 Å². The molecule has 0 unspecified atom stereocenters. The Morgan fingerprint density at radius 2 is 1.97 bits per heavy atom. The van der Waals surface area contributed by atoms with Gasteiger partial charge in [0.15, 0.2) is 22.3 Å². The number of carbonyl (C=O) groups is 1. The van der Waals surface area contributed by atoms with Crippen LogP contribution in [-0.2, 0) is 6.42 Å². The fourth-order valence-electron chi connectivity index (χ4n) is 3.14. The van der Waals surface area contributed by atoms with Gasteiger partial charge in [-0.05, 0) is 36.6 Å². The van der Waals surface area contributed by atoms with Crippen molar-refractivity contribution in [2.45, 2.75) is 20.3 Å². The Labute approximate surface area is 183 Å². The van der Waals surface area contributed by atoms with E-state index in [1.165, 1.54) is 30.7 Å². The molecule has 2 aromatic carbocycles. The van der Waals surface area contributed by atoms with E-state index in [-0.39, 0.29) is 17.2 Å². The first-order valence-corrected chi connectivity index (χ1v) is 10.5. The van der Waals surface area contributed by atoms with Crippen molar-refractivity contribution in [3.63, 3.8) is 0 Å². The van der Waals surface area contributed by atoms with Crippen molar-refractivity contribution in [3.8, 4) is 23.0 Å². The SMILES string of the molecule is CCc1cc2nc(NC(=O)c3nccc(OC)c3O)sc2cc1Oc1ccccc1C. The molecule has 0 aliphatic carbocycles. The zero-order chi connectivity index (χ0) is 22.0. The fourth-order valence-corrected chi connectivity index (χ4v) is 4.01. The molecule has 0 radical (unpaired) electrons. The summed E-state index contributed by atoms with van der Waals surface area (Å²) in [6.07, 6.45) is 2.17. The molecule has 7 nitrogen and oxygen atoms in total. The van der Waals surface area contributed by atoms with Crippen molar-refractivity contribution in [1.29, 1.82) is 0 Å². The van der Waals surface area contributed by atoms with E-state index in [1.54, 1.807) is 0 Å². The van der Waals surface area contributed by atoms with E-state index in [4.69, 9.17) is 9.47 Å². The van der Waals surface area contributed by atoms with Crippen molar-refractivity contribution in [2.75, 3.05) is 12.4 Å². The first-order valence-electron chi connectivity index (χ1n) is 9.70. The monoisotopic (exact) mass is 435 g/mol. The van der Waals surface area contributed by atoms with Crippen LogP contribution in [-0.4, -0.2) is 28.1 Å². The smallest absolute Gasteiger partial charge is 0.280 e. The van der Waals surface area contributed by atoms with Gasteiger partial charge in [-0.25, -0.2) is 9.97 Å². The van der Waals surface area contributed by atoms with Crippen LogP contribution in [0.5, 0.6) is 23.0 Å². The highest BCUT2D eigenvalue weighted by Crippen LogP contribution is 2.36. The minimum Gasteiger partial charge on any atom is -0.503 e. The van der Waals surface area contributed by atoms with Gasteiger partial charge in [0, 0.05) is 18.3 Å². The average Bonchev–Trinajstić information content (AvgIpc) is 3.15. The predicted octanol–water partition coefficient (Wildman–Crippen LogP) is 5.32. The number of para-hydroxylation sites is 1. The highest BCUT2D eigenvalue weighted by atomic mass is 32.1. The highest BCUT2D eigenvalue weighted by Gasteiger charge is 2.19. The van der Waals surface area contributed by atoms with Crippen LogP contribution in [0.1, 0.15) is 28.5 Å². The molecule has 0 saturated heterocycles. The number of carbonyl (C=O) groups excluding carboxylic acids is 1. The first-order chi connectivity index (χ1) is 15.0. The lowest BCUT2D eigenvalue weighted by atomic mass is 10.1. The topological polar surface area (TPSA) is 93.6 Å². The van der Waals surface area contributed by atoms with Gasteiger partial charge in [-0.15, -0.1) is 0 Å². The molecule has 0 fully saturated rings. The summed E-state index contributed by atoms with van der Waals surface area (Å²) in [6, 6.07) is 13.2. The van der Waals surface area contributed by atoms with Crippen LogP contribution in [0.3, 0.4) is 0 Å². The van der Waals surface area contributed by atoms with Crippen LogP contribution in [0.15, 0.2) is 48.7 Å². The number of nitrogens with zero attached hydrogens (tertiary/aromatic N) is 2. The average molecular weight is 436 g/mol. The Hall–Kier alpha value is -3.65. The summed E-state index contributed by atoms with van der Waals surface area (Å²) in [5.74, 6) is 0.857. The molecule has 0 bridgehead atoms. The lowest BCUT2D eigenvalue weighted by molar-refractivity contribution is 0.101. The number of ether oxygens (including phenoxy) is 2. The molecule has 31 heavy (non-hydrogen) atoms. The summed E-state index contributed by atoms with van der Waals surface area (Å²) >= 11 is 1.32. The Morgan fingerprint density at radius 1 is 1.16 bits per heavy atom. The van der Waals surface area contributed by atoms with Gasteiger partial charge in [0.1, 0.15) is 11.5 Å². The minimum atomic E-state index is -0.567. The number of amides is 1. The number of aromatic nitrogens is 2. The molecular formula is C23H21N3O4S. The number of hydrogen-bond donors (Lipinski definition) is 2. The van der Waals surface area contributed by atoms with E-state index in [2.05, 4.69) is 22.2 Å². The number of fused-ring (bicyclic) bond motifs is 1. The number of benzene rings is 2. The number of hydrogen-bond acceptors (Lipinski definition) is 7. The predicted molar refractivity (Wildman–Crippen MR) is 121 cm³/mol. The molecule has 0 aliphatic heterocycles. The Bertz CT molecular complexity index is 1270. The zero-order valence-corrected chi connectivity index (χ0v) is 18.1. The van der Waals surface area contributed by atoms with E-state index in [1.807, 2.05) is 43.3 Å². The summed E-state index contributed by atoms with van der Waals surface area (Å²) in [6.45, 7) is 4.06. The second kappa shape index (κ2) is 8.61. The second-order valence-electron chi connectivity index (χ2n) is 6.83. The largest absolute Gasteiger partial charge is 0.503 e. The molecule has 2 aromatic heterocycles. The van der Waals surface area contributed by atoms with Crippen LogP contribution in [0.25, 0.3) is 10.2 Å². The summed E-state index contributed by atoms with van der Waals surface area (Å²) in [7, 11) is 1.41. The van der Waals surface area contributed by atoms with Crippen LogP contribution >= 0.6 is 11.3 Å². The Morgan fingerprint density at radius 3 is 2.71 bits per heavy atom. The maximum Gasteiger partial charge on any atom is 0.280 e. The van der Waals surface area contributed by atoms with Crippen molar-refractivity contribution >= 4 is 32.6 Å². The summed E-state index contributed by atoms with van der Waals surface area (Å²) < 4.78 is 12.1. The molecule has 0 aliphatic rings. The number of anilines is 1. The quantitative estimate of drug-likeness (QED) is 0.426. The number of aryl methyl sites for hydroxylation is 2. The molecule has 0 saturated carbocycles. The molecule has 4 aromatic rings. The van der Waals surface area contributed by atoms with E-state index < -0.39 is 5.91 Å². The number of nitrogens with one attached hydrogen (secondary N) is 1. The van der Waals surface area contributed by atoms with E-state index in [0.717, 1.165) is 39.3 Å². The van der Waals surface area contributed by atoms with Gasteiger partial charge < -0.3 is 14.6 Å². The molecule has 2 heterocycles. The van der Waals surface area contributed by atoms with Gasteiger partial charge in [-0.2, -0.15) is 0 Å². The first kappa shape index (κ1) is 20.6. The van der Waals surface area contributed by atoms with Gasteiger partial charge in [0.2, 0.25) is 0 Å². The lowest BCUT2D eigenvalue weighted by Crippen LogP contribution is -2.13. The number of pyridine rings is 1.